The van der Waals surface area contributed by atoms with Crippen LogP contribution in [0.1, 0.15) is 51.9 Å². The Labute approximate surface area is 130 Å². The lowest BCUT2D eigenvalue weighted by molar-refractivity contribution is -0.372. The molecule has 4 heteroatoms. The second kappa shape index (κ2) is 12.7. The van der Waals surface area contributed by atoms with Crippen LogP contribution in [0.15, 0.2) is 12.2 Å². The minimum absolute atomic E-state index is 0.0841. The molecule has 20 heavy (non-hydrogen) atoms. The smallest absolute Gasteiger partial charge is 0.288 e. The third-order valence-electron chi connectivity index (χ3n) is 3.65. The van der Waals surface area contributed by atoms with Crippen molar-refractivity contribution >= 4 is 12.6 Å². The zero-order chi connectivity index (χ0) is 15.3. The van der Waals surface area contributed by atoms with Crippen LogP contribution >= 0.6 is 12.6 Å². The van der Waals surface area contributed by atoms with Gasteiger partial charge in [-0.2, -0.15) is 12.6 Å². The highest BCUT2D eigenvalue weighted by atomic mass is 32.1. The predicted molar refractivity (Wildman–Crippen MR) is 88.2 cm³/mol. The standard InChI is InChI=1S/C16H32O3S/c1-5-6-7-8-9-10-12-15(13-11-14-20)16(17-2,18-3)19-4/h11,13,15,20H,5-10,12,14H2,1-4H3. The van der Waals surface area contributed by atoms with Gasteiger partial charge < -0.3 is 14.2 Å². The first-order chi connectivity index (χ1) is 9.70. The van der Waals surface area contributed by atoms with Crippen LogP contribution in [0.5, 0.6) is 0 Å². The minimum Gasteiger partial charge on any atom is -0.330 e. The summed E-state index contributed by atoms with van der Waals surface area (Å²) in [4.78, 5) is 0. The SMILES string of the molecule is CCCCCCCCC(C=CCS)C(OC)(OC)OC. The third-order valence-corrected chi connectivity index (χ3v) is 3.86. The highest BCUT2D eigenvalue weighted by Crippen LogP contribution is 2.29. The maximum Gasteiger partial charge on any atom is 0.288 e. The summed E-state index contributed by atoms with van der Waals surface area (Å²) in [5.74, 6) is -0.191. The second-order valence-corrected chi connectivity index (χ2v) is 5.35. The summed E-state index contributed by atoms with van der Waals surface area (Å²) in [5.41, 5.74) is 0. The van der Waals surface area contributed by atoms with Gasteiger partial charge >= 0.3 is 0 Å². The lowest BCUT2D eigenvalue weighted by Crippen LogP contribution is -2.43. The zero-order valence-electron chi connectivity index (χ0n) is 13.6. The van der Waals surface area contributed by atoms with Gasteiger partial charge in [-0.1, -0.05) is 57.6 Å². The van der Waals surface area contributed by atoms with Gasteiger partial charge in [-0.3, -0.25) is 0 Å². The van der Waals surface area contributed by atoms with Crippen LogP contribution in [0.2, 0.25) is 0 Å². The van der Waals surface area contributed by atoms with Gasteiger partial charge in [-0.15, -0.1) is 0 Å². The Kier molecular flexibility index (Phi) is 12.7. The number of ether oxygens (including phenoxy) is 3. The maximum absolute atomic E-state index is 5.47. The first-order valence-corrected chi connectivity index (χ1v) is 8.26. The summed E-state index contributed by atoms with van der Waals surface area (Å²) in [6.07, 6.45) is 12.8. The normalized spacial score (nSPS) is 14.1. The fourth-order valence-electron chi connectivity index (χ4n) is 2.46. The van der Waals surface area contributed by atoms with Crippen molar-refractivity contribution in [1.82, 2.24) is 0 Å². The minimum atomic E-state index is -0.983. The molecule has 0 heterocycles. The van der Waals surface area contributed by atoms with E-state index in [1.807, 2.05) is 6.08 Å². The molecule has 0 aliphatic heterocycles. The van der Waals surface area contributed by atoms with Crippen molar-refractivity contribution < 1.29 is 14.2 Å². The van der Waals surface area contributed by atoms with E-state index in [9.17, 15) is 0 Å². The fourth-order valence-corrected chi connectivity index (χ4v) is 2.59. The molecule has 1 atom stereocenters. The van der Waals surface area contributed by atoms with Crippen LogP contribution in [0.25, 0.3) is 0 Å². The van der Waals surface area contributed by atoms with Crippen molar-refractivity contribution in [2.24, 2.45) is 5.92 Å². The summed E-state index contributed by atoms with van der Waals surface area (Å²) >= 11 is 4.22. The van der Waals surface area contributed by atoms with Crippen LogP contribution in [-0.2, 0) is 14.2 Å². The van der Waals surface area contributed by atoms with E-state index in [0.717, 1.165) is 12.8 Å². The van der Waals surface area contributed by atoms with E-state index < -0.39 is 5.97 Å². The molecule has 0 saturated carbocycles. The van der Waals surface area contributed by atoms with Crippen LogP contribution in [0, 0.1) is 5.92 Å². The Hall–Kier alpha value is -0.0300. The molecule has 0 aromatic carbocycles. The molecule has 0 aromatic heterocycles. The molecule has 0 rings (SSSR count). The van der Waals surface area contributed by atoms with Gasteiger partial charge in [-0.25, -0.2) is 0 Å². The average molecular weight is 304 g/mol. The van der Waals surface area contributed by atoms with Crippen molar-refractivity contribution in [2.45, 2.75) is 57.8 Å². The van der Waals surface area contributed by atoms with Crippen molar-refractivity contribution in [2.75, 3.05) is 27.1 Å². The van der Waals surface area contributed by atoms with Gasteiger partial charge in [-0.05, 0) is 6.42 Å². The van der Waals surface area contributed by atoms with Crippen molar-refractivity contribution in [1.29, 1.82) is 0 Å². The number of hydrogen-bond donors (Lipinski definition) is 1. The largest absolute Gasteiger partial charge is 0.330 e. The predicted octanol–water partition coefficient (Wildman–Crippen LogP) is 4.43. The highest BCUT2D eigenvalue weighted by Gasteiger charge is 2.37. The molecule has 0 saturated heterocycles. The summed E-state index contributed by atoms with van der Waals surface area (Å²) in [6.45, 7) is 2.24. The molecular formula is C16H32O3S. The molecule has 0 spiro atoms. The Morgan fingerprint density at radius 1 is 0.950 bits per heavy atom. The highest BCUT2D eigenvalue weighted by molar-refractivity contribution is 7.80. The van der Waals surface area contributed by atoms with Crippen LogP contribution in [0.4, 0.5) is 0 Å². The molecule has 0 aliphatic rings. The van der Waals surface area contributed by atoms with Crippen LogP contribution in [0.3, 0.4) is 0 Å². The number of methoxy groups -OCH3 is 3. The quantitative estimate of drug-likeness (QED) is 0.236. The Bertz CT molecular complexity index is 232. The molecular weight excluding hydrogens is 272 g/mol. The van der Waals surface area contributed by atoms with E-state index >= 15 is 0 Å². The topological polar surface area (TPSA) is 27.7 Å². The van der Waals surface area contributed by atoms with E-state index in [-0.39, 0.29) is 5.92 Å². The fraction of sp³-hybridized carbons (Fsp3) is 0.875. The van der Waals surface area contributed by atoms with Gasteiger partial charge in [0.05, 0.1) is 5.92 Å². The monoisotopic (exact) mass is 304 g/mol. The number of unbranched alkanes of at least 4 members (excludes halogenated alkanes) is 5. The summed E-state index contributed by atoms with van der Waals surface area (Å²) in [6, 6.07) is 0. The van der Waals surface area contributed by atoms with E-state index in [2.05, 4.69) is 25.6 Å². The van der Waals surface area contributed by atoms with Crippen molar-refractivity contribution in [3.63, 3.8) is 0 Å². The molecule has 0 N–H and O–H groups in total. The Morgan fingerprint density at radius 2 is 1.50 bits per heavy atom. The van der Waals surface area contributed by atoms with Gasteiger partial charge in [0, 0.05) is 27.1 Å². The first kappa shape index (κ1) is 20.0. The van der Waals surface area contributed by atoms with Gasteiger partial charge in [0.15, 0.2) is 0 Å². The van der Waals surface area contributed by atoms with Crippen LogP contribution < -0.4 is 0 Å². The van der Waals surface area contributed by atoms with Crippen molar-refractivity contribution in [3.05, 3.63) is 12.2 Å². The van der Waals surface area contributed by atoms with Gasteiger partial charge in [0.2, 0.25) is 0 Å². The summed E-state index contributed by atoms with van der Waals surface area (Å²) in [7, 11) is 4.86. The molecule has 0 amide bonds. The molecule has 0 bridgehead atoms. The second-order valence-electron chi connectivity index (χ2n) is 4.99. The number of hydrogen-bond acceptors (Lipinski definition) is 4. The number of rotatable bonds is 13. The molecule has 1 unspecified atom stereocenters. The van der Waals surface area contributed by atoms with Crippen LogP contribution in [-0.4, -0.2) is 33.1 Å². The van der Waals surface area contributed by atoms with E-state index in [4.69, 9.17) is 14.2 Å². The average Bonchev–Trinajstić information content (AvgIpc) is 2.49. The van der Waals surface area contributed by atoms with E-state index in [1.54, 1.807) is 21.3 Å². The van der Waals surface area contributed by atoms with Crippen molar-refractivity contribution in [3.8, 4) is 0 Å². The molecule has 0 aliphatic carbocycles. The van der Waals surface area contributed by atoms with E-state index in [0.29, 0.717) is 5.75 Å². The van der Waals surface area contributed by atoms with Gasteiger partial charge in [0.25, 0.3) is 5.97 Å². The Balaban J connectivity index is 4.37. The molecule has 0 fully saturated rings. The Morgan fingerprint density at radius 3 is 2.00 bits per heavy atom. The zero-order valence-corrected chi connectivity index (χ0v) is 14.5. The molecule has 0 radical (unpaired) electrons. The number of thiol groups is 1. The molecule has 120 valence electrons. The van der Waals surface area contributed by atoms with Gasteiger partial charge in [0.1, 0.15) is 0 Å². The summed E-state index contributed by atoms with van der Waals surface area (Å²) in [5, 5.41) is 0. The summed E-state index contributed by atoms with van der Waals surface area (Å²) < 4.78 is 16.4. The lowest BCUT2D eigenvalue weighted by Gasteiger charge is -2.35. The third kappa shape index (κ3) is 7.11. The molecule has 3 nitrogen and oxygen atoms in total. The van der Waals surface area contributed by atoms with E-state index in [1.165, 1.54) is 32.1 Å². The maximum atomic E-state index is 5.47. The first-order valence-electron chi connectivity index (χ1n) is 7.63. The lowest BCUT2D eigenvalue weighted by atomic mass is 9.97. The molecule has 0 aromatic rings.